The molecule has 1 aromatic rings. The number of carbonyl (C=O) groups excluding carboxylic acids is 3. The van der Waals surface area contributed by atoms with Crippen molar-refractivity contribution in [2.24, 2.45) is 0 Å². The molecular weight excluding hydrogens is 462 g/mol. The Kier molecular flexibility index (Phi) is 17.9. The fourth-order valence-electron chi connectivity index (χ4n) is 3.46. The van der Waals surface area contributed by atoms with Crippen LogP contribution in [-0.4, -0.2) is 68.4 Å². The third kappa shape index (κ3) is 14.7. The first-order valence-corrected chi connectivity index (χ1v) is 13.3. The molecule has 3 amide bonds. The van der Waals surface area contributed by atoms with Crippen molar-refractivity contribution in [3.63, 3.8) is 0 Å². The van der Waals surface area contributed by atoms with Crippen LogP contribution in [0.4, 0.5) is 0 Å². The van der Waals surface area contributed by atoms with Gasteiger partial charge in [0.2, 0.25) is 11.8 Å². The van der Waals surface area contributed by atoms with Crippen molar-refractivity contribution in [1.82, 2.24) is 16.0 Å². The molecule has 0 unspecified atom stereocenters. The van der Waals surface area contributed by atoms with Crippen LogP contribution in [0.5, 0.6) is 5.75 Å². The largest absolute Gasteiger partial charge is 0.491 e. The molecule has 0 aromatic heterocycles. The zero-order chi connectivity index (χ0) is 26.4. The predicted molar refractivity (Wildman–Crippen MR) is 140 cm³/mol. The zero-order valence-electron chi connectivity index (χ0n) is 22.0. The van der Waals surface area contributed by atoms with E-state index in [0.717, 1.165) is 51.4 Å². The van der Waals surface area contributed by atoms with Gasteiger partial charge in [-0.3, -0.25) is 14.4 Å². The highest BCUT2D eigenvalue weighted by atomic mass is 16.5. The molecule has 4 N–H and O–H groups in total. The Morgan fingerprint density at radius 3 is 2.08 bits per heavy atom. The number of carbonyl (C=O) groups is 3. The first-order chi connectivity index (χ1) is 17.5. The van der Waals surface area contributed by atoms with Crippen molar-refractivity contribution in [2.75, 3.05) is 39.5 Å². The highest BCUT2D eigenvalue weighted by Crippen LogP contribution is 2.12. The molecular formula is C27H45N3O6. The first kappa shape index (κ1) is 31.4. The van der Waals surface area contributed by atoms with Crippen molar-refractivity contribution in [3.8, 4) is 5.75 Å². The molecule has 0 saturated carbocycles. The summed E-state index contributed by atoms with van der Waals surface area (Å²) in [5.41, 5.74) is 0.361. The maximum absolute atomic E-state index is 12.8. The molecule has 0 bridgehead atoms. The minimum atomic E-state index is -0.959. The lowest BCUT2D eigenvalue weighted by atomic mass is 10.1. The summed E-state index contributed by atoms with van der Waals surface area (Å²) in [7, 11) is 0. The maximum atomic E-state index is 12.8. The second kappa shape index (κ2) is 20.5. The van der Waals surface area contributed by atoms with Crippen LogP contribution in [-0.2, 0) is 14.3 Å². The Morgan fingerprint density at radius 1 is 0.833 bits per heavy atom. The molecule has 0 heterocycles. The smallest absolute Gasteiger partial charge is 0.251 e. The Bertz CT molecular complexity index is 742. The van der Waals surface area contributed by atoms with E-state index in [1.54, 1.807) is 24.3 Å². The minimum absolute atomic E-state index is 0.0394. The number of aliphatic hydroxyl groups excluding tert-OH is 1. The van der Waals surface area contributed by atoms with Crippen LogP contribution in [0, 0.1) is 0 Å². The fraction of sp³-hybridized carbons (Fsp3) is 0.667. The van der Waals surface area contributed by atoms with Crippen molar-refractivity contribution in [1.29, 1.82) is 0 Å². The molecule has 9 heteroatoms. The number of hydrogen-bond donors (Lipinski definition) is 4. The minimum Gasteiger partial charge on any atom is -0.491 e. The van der Waals surface area contributed by atoms with E-state index in [1.165, 1.54) is 0 Å². The summed E-state index contributed by atoms with van der Waals surface area (Å²) in [6.07, 6.45) is 8.15. The monoisotopic (exact) mass is 507 g/mol. The number of benzene rings is 1. The molecule has 1 aromatic carbocycles. The van der Waals surface area contributed by atoms with Gasteiger partial charge in [-0.25, -0.2) is 0 Å². The summed E-state index contributed by atoms with van der Waals surface area (Å²) in [5.74, 6) is -0.480. The molecule has 0 spiro atoms. The first-order valence-electron chi connectivity index (χ1n) is 13.3. The van der Waals surface area contributed by atoms with Crippen LogP contribution < -0.4 is 20.7 Å². The van der Waals surface area contributed by atoms with E-state index in [4.69, 9.17) is 14.6 Å². The van der Waals surface area contributed by atoms with E-state index >= 15 is 0 Å². The SMILES string of the molecule is CCCCCCNC(=O)C[C@H](NC(=O)c1ccc(OCCOCCO)cc1)C(=O)NCCCCCC. The summed E-state index contributed by atoms with van der Waals surface area (Å²) in [6, 6.07) is 5.57. The summed E-state index contributed by atoms with van der Waals surface area (Å²) in [5, 5.41) is 17.1. The van der Waals surface area contributed by atoms with Gasteiger partial charge in [0.15, 0.2) is 0 Å². The van der Waals surface area contributed by atoms with Crippen LogP contribution in [0.3, 0.4) is 0 Å². The highest BCUT2D eigenvalue weighted by molar-refractivity contribution is 5.99. The molecule has 1 atom stereocenters. The number of hydrogen-bond acceptors (Lipinski definition) is 6. The number of rotatable bonds is 21. The fourth-order valence-corrected chi connectivity index (χ4v) is 3.46. The van der Waals surface area contributed by atoms with Gasteiger partial charge in [0, 0.05) is 18.7 Å². The lowest BCUT2D eigenvalue weighted by molar-refractivity contribution is -0.128. The van der Waals surface area contributed by atoms with Crippen molar-refractivity contribution in [3.05, 3.63) is 29.8 Å². The van der Waals surface area contributed by atoms with Crippen molar-refractivity contribution in [2.45, 2.75) is 77.7 Å². The van der Waals surface area contributed by atoms with Gasteiger partial charge in [0.1, 0.15) is 18.4 Å². The number of ether oxygens (including phenoxy) is 2. The third-order valence-corrected chi connectivity index (χ3v) is 5.54. The second-order valence-electron chi connectivity index (χ2n) is 8.70. The number of unbranched alkanes of at least 4 members (excludes halogenated alkanes) is 6. The highest BCUT2D eigenvalue weighted by Gasteiger charge is 2.24. The number of amides is 3. The van der Waals surface area contributed by atoms with Crippen LogP contribution in [0.25, 0.3) is 0 Å². The molecule has 0 aliphatic carbocycles. The van der Waals surface area contributed by atoms with Crippen LogP contribution in [0.15, 0.2) is 24.3 Å². The van der Waals surface area contributed by atoms with E-state index < -0.39 is 11.9 Å². The normalized spacial score (nSPS) is 11.5. The molecule has 0 radical (unpaired) electrons. The van der Waals surface area contributed by atoms with Crippen LogP contribution >= 0.6 is 0 Å². The molecule has 1 rings (SSSR count). The van der Waals surface area contributed by atoms with E-state index in [-0.39, 0.29) is 31.4 Å². The van der Waals surface area contributed by atoms with Gasteiger partial charge in [-0.2, -0.15) is 0 Å². The number of aliphatic hydroxyl groups is 1. The lowest BCUT2D eigenvalue weighted by Crippen LogP contribution is -2.49. The topological polar surface area (TPSA) is 126 Å². The Morgan fingerprint density at radius 2 is 1.47 bits per heavy atom. The Hall–Kier alpha value is -2.65. The van der Waals surface area contributed by atoms with E-state index in [2.05, 4.69) is 29.8 Å². The standard InChI is InChI=1S/C27H45N3O6/c1-3-5-7-9-15-28-25(32)21-24(27(34)29-16-10-8-6-4-2)30-26(33)22-11-13-23(14-12-22)36-20-19-35-18-17-31/h11-14,24,31H,3-10,15-21H2,1-2H3,(H,28,32)(H,29,34)(H,30,33)/t24-/m0/s1. The van der Waals surface area contributed by atoms with Gasteiger partial charge in [-0.05, 0) is 37.1 Å². The van der Waals surface area contributed by atoms with Gasteiger partial charge in [0.25, 0.3) is 5.91 Å². The van der Waals surface area contributed by atoms with Gasteiger partial charge in [0.05, 0.1) is 26.2 Å². The van der Waals surface area contributed by atoms with E-state index in [1.807, 2.05) is 0 Å². The zero-order valence-corrected chi connectivity index (χ0v) is 22.0. The van der Waals surface area contributed by atoms with Crippen LogP contribution in [0.2, 0.25) is 0 Å². The average Bonchev–Trinajstić information content (AvgIpc) is 2.88. The summed E-state index contributed by atoms with van der Waals surface area (Å²) in [4.78, 5) is 38.1. The molecule has 0 fully saturated rings. The van der Waals surface area contributed by atoms with E-state index in [9.17, 15) is 14.4 Å². The predicted octanol–water partition coefficient (Wildman–Crippen LogP) is 2.96. The molecule has 0 saturated heterocycles. The average molecular weight is 508 g/mol. The summed E-state index contributed by atoms with van der Waals surface area (Å²) >= 11 is 0. The van der Waals surface area contributed by atoms with Gasteiger partial charge < -0.3 is 30.5 Å². The second-order valence-corrected chi connectivity index (χ2v) is 8.70. The lowest BCUT2D eigenvalue weighted by Gasteiger charge is -2.18. The Labute approximate surface area is 215 Å². The molecule has 0 aliphatic rings. The quantitative estimate of drug-likeness (QED) is 0.190. The molecule has 204 valence electrons. The molecule has 36 heavy (non-hydrogen) atoms. The molecule has 9 nitrogen and oxygen atoms in total. The third-order valence-electron chi connectivity index (χ3n) is 5.54. The van der Waals surface area contributed by atoms with Crippen LogP contribution in [0.1, 0.15) is 82.0 Å². The summed E-state index contributed by atoms with van der Waals surface area (Å²) in [6.45, 7) is 6.20. The summed E-state index contributed by atoms with van der Waals surface area (Å²) < 4.78 is 10.7. The number of nitrogens with one attached hydrogen (secondary N) is 3. The molecule has 0 aliphatic heterocycles. The van der Waals surface area contributed by atoms with E-state index in [0.29, 0.717) is 37.6 Å². The Balaban J connectivity index is 2.64. The maximum Gasteiger partial charge on any atom is 0.251 e. The van der Waals surface area contributed by atoms with Gasteiger partial charge in [-0.15, -0.1) is 0 Å². The van der Waals surface area contributed by atoms with Crippen molar-refractivity contribution < 1.29 is 29.0 Å². The van der Waals surface area contributed by atoms with Gasteiger partial charge >= 0.3 is 0 Å². The van der Waals surface area contributed by atoms with Crippen molar-refractivity contribution >= 4 is 17.7 Å². The van der Waals surface area contributed by atoms with Gasteiger partial charge in [-0.1, -0.05) is 52.4 Å².